The first-order valence-electron chi connectivity index (χ1n) is 8.43. The zero-order valence-electron chi connectivity index (χ0n) is 14.5. The Balaban J connectivity index is 2.00. The van der Waals surface area contributed by atoms with Crippen molar-refractivity contribution in [3.63, 3.8) is 0 Å². The van der Waals surface area contributed by atoms with E-state index in [1.54, 1.807) is 13.8 Å². The Morgan fingerprint density at radius 2 is 1.92 bits per heavy atom. The number of nitrogens with zero attached hydrogens (tertiary/aromatic N) is 2. The number of hydrogen-bond acceptors (Lipinski definition) is 5. The lowest BCUT2D eigenvalue weighted by molar-refractivity contribution is -0.143. The normalized spacial score (nSPS) is 21.8. The van der Waals surface area contributed by atoms with E-state index in [0.717, 1.165) is 10.7 Å². The van der Waals surface area contributed by atoms with Crippen LogP contribution in [0.5, 0.6) is 0 Å². The van der Waals surface area contributed by atoms with Gasteiger partial charge in [-0.2, -0.15) is 0 Å². The maximum absolute atomic E-state index is 12.8. The third-order valence-corrected chi connectivity index (χ3v) is 6.71. The molecule has 0 aromatic heterocycles. The minimum atomic E-state index is -4.01. The molecule has 8 nitrogen and oxygen atoms in total. The van der Waals surface area contributed by atoms with E-state index in [1.165, 1.54) is 23.1 Å². The number of aliphatic carboxylic acids is 1. The van der Waals surface area contributed by atoms with Crippen molar-refractivity contribution in [2.45, 2.75) is 50.1 Å². The molecular formula is C17H20N2O6S. The average molecular weight is 380 g/mol. The molecule has 1 aromatic rings. The summed E-state index contributed by atoms with van der Waals surface area (Å²) in [6, 6.07) is 2.42. The molecule has 0 radical (unpaired) electrons. The van der Waals surface area contributed by atoms with Crippen LogP contribution in [-0.2, 0) is 14.8 Å². The number of hydrogen-bond donors (Lipinski definition) is 1. The Morgan fingerprint density at radius 3 is 2.54 bits per heavy atom. The number of amides is 2. The fraction of sp³-hybridized carbons (Fsp3) is 0.471. The number of rotatable bonds is 3. The zero-order chi connectivity index (χ0) is 19.2. The molecule has 2 aliphatic heterocycles. The van der Waals surface area contributed by atoms with Crippen molar-refractivity contribution in [1.82, 2.24) is 9.21 Å². The molecule has 0 bridgehead atoms. The van der Waals surface area contributed by atoms with E-state index in [9.17, 15) is 27.9 Å². The Labute approximate surface area is 151 Å². The van der Waals surface area contributed by atoms with Gasteiger partial charge in [0.1, 0.15) is 10.9 Å². The summed E-state index contributed by atoms with van der Waals surface area (Å²) >= 11 is 0. The highest BCUT2D eigenvalue weighted by Crippen LogP contribution is 2.33. The highest BCUT2D eigenvalue weighted by Gasteiger charge is 2.43. The third-order valence-electron chi connectivity index (χ3n) is 4.71. The molecule has 26 heavy (non-hydrogen) atoms. The molecule has 0 saturated carbocycles. The van der Waals surface area contributed by atoms with Gasteiger partial charge in [-0.1, -0.05) is 0 Å². The molecular weight excluding hydrogens is 360 g/mol. The van der Waals surface area contributed by atoms with Crippen molar-refractivity contribution in [1.29, 1.82) is 0 Å². The van der Waals surface area contributed by atoms with Gasteiger partial charge in [-0.05, 0) is 51.3 Å². The Hall–Kier alpha value is -2.42. The smallest absolute Gasteiger partial charge is 0.326 e. The van der Waals surface area contributed by atoms with E-state index in [0.29, 0.717) is 19.4 Å². The molecule has 1 N–H and O–H groups in total. The SMILES string of the molecule is CC(C)N1C(=O)c2ccc(C(=O)N3CCCCC3C(=O)O)cc2S1(=O)=O. The summed E-state index contributed by atoms with van der Waals surface area (Å²) in [5.74, 6) is -2.23. The van der Waals surface area contributed by atoms with Crippen LogP contribution in [0.3, 0.4) is 0 Å². The second-order valence-electron chi connectivity index (χ2n) is 6.76. The molecule has 3 rings (SSSR count). The van der Waals surface area contributed by atoms with Crippen LogP contribution in [0.25, 0.3) is 0 Å². The quantitative estimate of drug-likeness (QED) is 0.846. The summed E-state index contributed by atoms with van der Waals surface area (Å²) in [5.41, 5.74) is 0.0996. The minimum Gasteiger partial charge on any atom is -0.480 e. The molecule has 0 spiro atoms. The molecule has 1 unspecified atom stereocenters. The van der Waals surface area contributed by atoms with Crippen molar-refractivity contribution in [2.75, 3.05) is 6.54 Å². The topological polar surface area (TPSA) is 112 Å². The number of benzene rings is 1. The van der Waals surface area contributed by atoms with Gasteiger partial charge in [-0.15, -0.1) is 0 Å². The Kier molecular flexibility index (Phi) is 4.51. The molecule has 1 aromatic carbocycles. The van der Waals surface area contributed by atoms with E-state index < -0.39 is 39.9 Å². The summed E-state index contributed by atoms with van der Waals surface area (Å²) in [6.45, 7) is 3.49. The predicted molar refractivity (Wildman–Crippen MR) is 91.2 cm³/mol. The number of carbonyl (C=O) groups excluding carboxylic acids is 2. The monoisotopic (exact) mass is 380 g/mol. The van der Waals surface area contributed by atoms with Crippen molar-refractivity contribution in [3.05, 3.63) is 29.3 Å². The Morgan fingerprint density at radius 1 is 1.23 bits per heavy atom. The van der Waals surface area contributed by atoms with Gasteiger partial charge in [0.05, 0.1) is 5.56 Å². The van der Waals surface area contributed by atoms with Crippen LogP contribution in [0.1, 0.15) is 53.8 Å². The predicted octanol–water partition coefficient (Wildman–Crippen LogP) is 1.32. The molecule has 2 heterocycles. The summed E-state index contributed by atoms with van der Waals surface area (Å²) < 4.78 is 26.1. The lowest BCUT2D eigenvalue weighted by atomic mass is 10.0. The molecule has 1 atom stereocenters. The van der Waals surface area contributed by atoms with Crippen LogP contribution in [-0.4, -0.2) is 59.1 Å². The van der Waals surface area contributed by atoms with Crippen molar-refractivity contribution in [3.8, 4) is 0 Å². The molecule has 2 aliphatic rings. The number of carboxylic acids is 1. The van der Waals surface area contributed by atoms with Gasteiger partial charge < -0.3 is 10.0 Å². The van der Waals surface area contributed by atoms with Gasteiger partial charge in [0, 0.05) is 18.2 Å². The van der Waals surface area contributed by atoms with Gasteiger partial charge in [0.15, 0.2) is 0 Å². The summed E-state index contributed by atoms with van der Waals surface area (Å²) in [7, 11) is -4.01. The number of piperidine rings is 1. The van der Waals surface area contributed by atoms with Crippen LogP contribution >= 0.6 is 0 Å². The van der Waals surface area contributed by atoms with Gasteiger partial charge in [-0.25, -0.2) is 17.5 Å². The van der Waals surface area contributed by atoms with E-state index in [1.807, 2.05) is 0 Å². The lowest BCUT2D eigenvalue weighted by Crippen LogP contribution is -2.48. The van der Waals surface area contributed by atoms with Crippen molar-refractivity contribution < 1.29 is 27.9 Å². The average Bonchev–Trinajstić information content (AvgIpc) is 2.79. The second-order valence-corrected chi connectivity index (χ2v) is 8.54. The largest absolute Gasteiger partial charge is 0.480 e. The summed E-state index contributed by atoms with van der Waals surface area (Å²) in [4.78, 5) is 37.6. The van der Waals surface area contributed by atoms with Gasteiger partial charge in [0.2, 0.25) is 0 Å². The van der Waals surface area contributed by atoms with E-state index in [-0.39, 0.29) is 16.0 Å². The zero-order valence-corrected chi connectivity index (χ0v) is 15.3. The molecule has 1 fully saturated rings. The maximum Gasteiger partial charge on any atom is 0.326 e. The highest BCUT2D eigenvalue weighted by molar-refractivity contribution is 7.90. The molecule has 0 aliphatic carbocycles. The molecule has 140 valence electrons. The molecule has 9 heteroatoms. The number of likely N-dealkylation sites (tertiary alicyclic amines) is 1. The van der Waals surface area contributed by atoms with E-state index >= 15 is 0 Å². The van der Waals surface area contributed by atoms with E-state index in [4.69, 9.17) is 0 Å². The molecule has 2 amide bonds. The maximum atomic E-state index is 12.8. The van der Waals surface area contributed by atoms with E-state index in [2.05, 4.69) is 0 Å². The first-order valence-corrected chi connectivity index (χ1v) is 9.87. The number of carboxylic acid groups (broad SMARTS) is 1. The standard InChI is InChI=1S/C17H20N2O6S/c1-10(2)19-16(21)12-7-6-11(9-14(12)26(19,24)25)15(20)18-8-4-3-5-13(18)17(22)23/h6-7,9-10,13H,3-5,8H2,1-2H3,(H,22,23). The number of sulfonamides is 1. The first-order chi connectivity index (χ1) is 12.2. The second kappa shape index (κ2) is 6.39. The van der Waals surface area contributed by atoms with Gasteiger partial charge in [-0.3, -0.25) is 9.59 Å². The van der Waals surface area contributed by atoms with Crippen LogP contribution in [0.4, 0.5) is 0 Å². The first kappa shape index (κ1) is 18.4. The lowest BCUT2D eigenvalue weighted by Gasteiger charge is -2.33. The van der Waals surface area contributed by atoms with Crippen LogP contribution < -0.4 is 0 Å². The van der Waals surface area contributed by atoms with Gasteiger partial charge in [0.25, 0.3) is 21.8 Å². The highest BCUT2D eigenvalue weighted by atomic mass is 32.2. The summed E-state index contributed by atoms with van der Waals surface area (Å²) in [6.07, 6.45) is 1.78. The van der Waals surface area contributed by atoms with Crippen LogP contribution in [0.2, 0.25) is 0 Å². The molecule has 1 saturated heterocycles. The third kappa shape index (κ3) is 2.76. The van der Waals surface area contributed by atoms with Crippen molar-refractivity contribution in [2.24, 2.45) is 0 Å². The number of fused-ring (bicyclic) bond motifs is 1. The fourth-order valence-electron chi connectivity index (χ4n) is 3.49. The minimum absolute atomic E-state index is 0.0312. The number of carbonyl (C=O) groups is 3. The van der Waals surface area contributed by atoms with Crippen LogP contribution in [0, 0.1) is 0 Å². The fourth-order valence-corrected chi connectivity index (χ4v) is 5.28. The summed E-state index contributed by atoms with van der Waals surface area (Å²) in [5, 5.41) is 9.33. The van der Waals surface area contributed by atoms with Crippen molar-refractivity contribution >= 4 is 27.8 Å². The Bertz CT molecular complexity index is 893. The van der Waals surface area contributed by atoms with Gasteiger partial charge >= 0.3 is 5.97 Å². The van der Waals surface area contributed by atoms with Crippen LogP contribution in [0.15, 0.2) is 23.1 Å².